The van der Waals surface area contributed by atoms with Crippen molar-refractivity contribution in [1.29, 1.82) is 0 Å². The first kappa shape index (κ1) is 14.1. The predicted molar refractivity (Wildman–Crippen MR) is 68.9 cm³/mol. The lowest BCUT2D eigenvalue weighted by Crippen LogP contribution is -2.52. The van der Waals surface area contributed by atoms with Gasteiger partial charge in [-0.2, -0.15) is 0 Å². The van der Waals surface area contributed by atoms with Gasteiger partial charge in [0, 0.05) is 13.7 Å². The molecule has 2 saturated carbocycles. The molecule has 2 unspecified atom stereocenters. The predicted octanol–water partition coefficient (Wildman–Crippen LogP) is 1.11. The van der Waals surface area contributed by atoms with E-state index in [0.29, 0.717) is 12.8 Å². The molecule has 2 amide bonds. The van der Waals surface area contributed by atoms with E-state index >= 15 is 0 Å². The Morgan fingerprint density at radius 3 is 2.58 bits per heavy atom. The third-order valence-corrected chi connectivity index (χ3v) is 4.42. The molecule has 0 spiro atoms. The van der Waals surface area contributed by atoms with Gasteiger partial charge in [-0.3, -0.25) is 4.79 Å². The third kappa shape index (κ3) is 3.00. The maximum absolute atomic E-state index is 11.8. The summed E-state index contributed by atoms with van der Waals surface area (Å²) in [6.45, 7) is 0.207. The molecule has 2 fully saturated rings. The highest BCUT2D eigenvalue weighted by Gasteiger charge is 2.44. The van der Waals surface area contributed by atoms with Crippen LogP contribution in [0.25, 0.3) is 0 Å². The summed E-state index contributed by atoms with van der Waals surface area (Å²) in [5.41, 5.74) is -0.742. The fourth-order valence-electron chi connectivity index (χ4n) is 2.91. The van der Waals surface area contributed by atoms with E-state index in [-0.39, 0.29) is 24.7 Å². The van der Waals surface area contributed by atoms with Gasteiger partial charge >= 0.3 is 12.0 Å². The number of amides is 2. The van der Waals surface area contributed by atoms with Crippen LogP contribution in [0.2, 0.25) is 0 Å². The fourth-order valence-corrected chi connectivity index (χ4v) is 2.91. The van der Waals surface area contributed by atoms with Crippen LogP contribution in [-0.2, 0) is 9.53 Å². The Bertz CT molecular complexity index is 355. The van der Waals surface area contributed by atoms with Gasteiger partial charge in [-0.25, -0.2) is 4.79 Å². The second-order valence-corrected chi connectivity index (χ2v) is 5.58. The molecule has 0 radical (unpaired) electrons. The van der Waals surface area contributed by atoms with E-state index in [1.54, 1.807) is 7.11 Å². The van der Waals surface area contributed by atoms with E-state index in [2.05, 4.69) is 10.6 Å². The number of carbonyl (C=O) groups is 2. The summed E-state index contributed by atoms with van der Waals surface area (Å²) in [5.74, 6) is -0.810. The van der Waals surface area contributed by atoms with E-state index in [1.165, 1.54) is 0 Å². The number of carboxylic acid groups (broad SMARTS) is 1. The van der Waals surface area contributed by atoms with E-state index < -0.39 is 11.4 Å². The van der Waals surface area contributed by atoms with Gasteiger partial charge in [0.05, 0.1) is 17.6 Å². The summed E-state index contributed by atoms with van der Waals surface area (Å²) in [7, 11) is 1.65. The van der Waals surface area contributed by atoms with Crippen molar-refractivity contribution in [3.05, 3.63) is 0 Å². The van der Waals surface area contributed by atoms with Gasteiger partial charge < -0.3 is 20.5 Å². The highest BCUT2D eigenvalue weighted by molar-refractivity contribution is 5.79. The van der Waals surface area contributed by atoms with Gasteiger partial charge in [-0.05, 0) is 32.1 Å². The zero-order chi connectivity index (χ0) is 13.9. The van der Waals surface area contributed by atoms with E-state index in [0.717, 1.165) is 25.7 Å². The average molecular weight is 270 g/mol. The topological polar surface area (TPSA) is 87.7 Å². The fraction of sp³-hybridized carbons (Fsp3) is 0.846. The molecule has 0 aromatic rings. The minimum atomic E-state index is -0.810. The molecule has 0 bridgehead atoms. The first-order valence-corrected chi connectivity index (χ1v) is 6.88. The van der Waals surface area contributed by atoms with Crippen molar-refractivity contribution in [3.8, 4) is 0 Å². The quantitative estimate of drug-likeness (QED) is 0.698. The molecular formula is C13H22N2O4. The monoisotopic (exact) mass is 270 g/mol. The number of carbonyl (C=O) groups excluding carboxylic acids is 1. The van der Waals surface area contributed by atoms with Crippen molar-refractivity contribution >= 4 is 12.0 Å². The highest BCUT2D eigenvalue weighted by atomic mass is 16.5. The number of hydrogen-bond donors (Lipinski definition) is 3. The molecule has 6 heteroatoms. The lowest BCUT2D eigenvalue weighted by Gasteiger charge is -2.37. The normalized spacial score (nSPS) is 28.5. The Morgan fingerprint density at radius 1 is 1.32 bits per heavy atom. The number of aliphatic carboxylic acids is 1. The maximum atomic E-state index is 11.8. The number of carboxylic acids is 1. The summed E-state index contributed by atoms with van der Waals surface area (Å²) in [6, 6.07) is -0.256. The summed E-state index contributed by atoms with van der Waals surface area (Å²) in [5, 5.41) is 14.7. The summed E-state index contributed by atoms with van der Waals surface area (Å²) in [6.07, 6.45) is 5.20. The van der Waals surface area contributed by atoms with Crippen LogP contribution in [0.3, 0.4) is 0 Å². The SMILES string of the molecule is COC1CCCC1NC(=O)NCC1(C(=O)O)CCC1. The van der Waals surface area contributed by atoms with Gasteiger partial charge in [0.1, 0.15) is 0 Å². The van der Waals surface area contributed by atoms with Crippen LogP contribution >= 0.6 is 0 Å². The molecule has 2 atom stereocenters. The number of urea groups is 1. The summed E-state index contributed by atoms with van der Waals surface area (Å²) in [4.78, 5) is 23.0. The Kier molecular flexibility index (Phi) is 4.29. The van der Waals surface area contributed by atoms with Gasteiger partial charge in [-0.15, -0.1) is 0 Å². The smallest absolute Gasteiger partial charge is 0.315 e. The Hall–Kier alpha value is -1.30. The molecule has 0 aromatic carbocycles. The molecule has 2 rings (SSSR count). The van der Waals surface area contributed by atoms with Crippen LogP contribution in [0.15, 0.2) is 0 Å². The van der Waals surface area contributed by atoms with Crippen LogP contribution < -0.4 is 10.6 Å². The van der Waals surface area contributed by atoms with Crippen LogP contribution in [-0.4, -0.2) is 42.9 Å². The van der Waals surface area contributed by atoms with Crippen LogP contribution in [0, 0.1) is 5.41 Å². The molecule has 2 aliphatic carbocycles. The molecule has 108 valence electrons. The Labute approximate surface area is 112 Å². The number of rotatable bonds is 5. The minimum absolute atomic E-state index is 0.0344. The zero-order valence-corrected chi connectivity index (χ0v) is 11.3. The van der Waals surface area contributed by atoms with Crippen LogP contribution in [0.4, 0.5) is 4.79 Å². The first-order valence-electron chi connectivity index (χ1n) is 6.88. The van der Waals surface area contributed by atoms with Crippen molar-refractivity contribution in [2.45, 2.75) is 50.7 Å². The lowest BCUT2D eigenvalue weighted by molar-refractivity contribution is -0.153. The molecule has 0 aromatic heterocycles. The van der Waals surface area contributed by atoms with E-state index in [9.17, 15) is 9.59 Å². The summed E-state index contributed by atoms with van der Waals surface area (Å²) < 4.78 is 5.30. The van der Waals surface area contributed by atoms with Crippen molar-refractivity contribution in [2.24, 2.45) is 5.41 Å². The van der Waals surface area contributed by atoms with Crippen molar-refractivity contribution in [3.63, 3.8) is 0 Å². The number of methoxy groups -OCH3 is 1. The molecule has 0 aliphatic heterocycles. The molecule has 0 saturated heterocycles. The van der Waals surface area contributed by atoms with E-state index in [4.69, 9.17) is 9.84 Å². The van der Waals surface area contributed by atoms with Gasteiger partial charge in [-0.1, -0.05) is 6.42 Å². The Balaban J connectivity index is 1.77. The summed E-state index contributed by atoms with van der Waals surface area (Å²) >= 11 is 0. The largest absolute Gasteiger partial charge is 0.481 e. The van der Waals surface area contributed by atoms with Crippen molar-refractivity contribution < 1.29 is 19.4 Å². The molecule has 0 heterocycles. The Morgan fingerprint density at radius 2 is 2.05 bits per heavy atom. The van der Waals surface area contributed by atoms with Gasteiger partial charge in [0.15, 0.2) is 0 Å². The number of hydrogen-bond acceptors (Lipinski definition) is 3. The number of nitrogens with one attached hydrogen (secondary N) is 2. The third-order valence-electron chi connectivity index (χ3n) is 4.42. The standard InChI is InChI=1S/C13H22N2O4/c1-19-10-5-2-4-9(10)15-12(18)14-8-13(11(16)17)6-3-7-13/h9-10H,2-8H2,1H3,(H,16,17)(H2,14,15,18). The zero-order valence-electron chi connectivity index (χ0n) is 11.3. The lowest BCUT2D eigenvalue weighted by atomic mass is 9.69. The molecule has 6 nitrogen and oxygen atoms in total. The van der Waals surface area contributed by atoms with Gasteiger partial charge in [0.2, 0.25) is 0 Å². The van der Waals surface area contributed by atoms with Crippen molar-refractivity contribution in [2.75, 3.05) is 13.7 Å². The van der Waals surface area contributed by atoms with Crippen LogP contribution in [0.1, 0.15) is 38.5 Å². The molecule has 19 heavy (non-hydrogen) atoms. The maximum Gasteiger partial charge on any atom is 0.315 e. The minimum Gasteiger partial charge on any atom is -0.481 e. The molecular weight excluding hydrogens is 248 g/mol. The second kappa shape index (κ2) is 5.77. The number of ether oxygens (including phenoxy) is 1. The average Bonchev–Trinajstić information content (AvgIpc) is 2.74. The van der Waals surface area contributed by atoms with Crippen molar-refractivity contribution in [1.82, 2.24) is 10.6 Å². The van der Waals surface area contributed by atoms with Crippen LogP contribution in [0.5, 0.6) is 0 Å². The van der Waals surface area contributed by atoms with Gasteiger partial charge in [0.25, 0.3) is 0 Å². The highest BCUT2D eigenvalue weighted by Crippen LogP contribution is 2.40. The second-order valence-electron chi connectivity index (χ2n) is 5.58. The molecule has 3 N–H and O–H groups in total. The first-order chi connectivity index (χ1) is 9.07. The van der Waals surface area contributed by atoms with E-state index in [1.807, 2.05) is 0 Å². The molecule has 2 aliphatic rings.